The Balaban J connectivity index is 1.20. The number of methoxy groups -OCH3 is 1. The van der Waals surface area contributed by atoms with Crippen LogP contribution in [0.1, 0.15) is 12.0 Å². The largest absolute Gasteiger partial charge is 0.385 e. The molecule has 1 amide bonds. The van der Waals surface area contributed by atoms with E-state index in [0.717, 1.165) is 33.6 Å². The van der Waals surface area contributed by atoms with E-state index < -0.39 is 24.6 Å². The summed E-state index contributed by atoms with van der Waals surface area (Å²) >= 11 is 0. The predicted molar refractivity (Wildman–Crippen MR) is 143 cm³/mol. The molecule has 39 heavy (non-hydrogen) atoms. The first-order chi connectivity index (χ1) is 18.8. The number of likely N-dealkylation sites (tertiary alicyclic amines) is 1. The number of hydrogen-bond acceptors (Lipinski definition) is 7. The van der Waals surface area contributed by atoms with Gasteiger partial charge in [-0.15, -0.1) is 0 Å². The third-order valence-electron chi connectivity index (χ3n) is 7.15. The van der Waals surface area contributed by atoms with Crippen molar-refractivity contribution >= 4 is 23.1 Å². The Kier molecular flexibility index (Phi) is 6.22. The van der Waals surface area contributed by atoms with Crippen molar-refractivity contribution in [2.24, 2.45) is 0 Å². The number of halogens is 2. The molecule has 4 aromatic rings. The van der Waals surface area contributed by atoms with Gasteiger partial charge in [0.2, 0.25) is 5.91 Å². The highest BCUT2D eigenvalue weighted by Crippen LogP contribution is 2.40. The summed E-state index contributed by atoms with van der Waals surface area (Å²) < 4.78 is 32.2. The van der Waals surface area contributed by atoms with Gasteiger partial charge in [0.25, 0.3) is 5.92 Å². The molecule has 1 fully saturated rings. The van der Waals surface area contributed by atoms with Crippen LogP contribution < -0.4 is 10.6 Å². The van der Waals surface area contributed by atoms with E-state index in [4.69, 9.17) is 4.74 Å². The molecule has 3 N–H and O–H groups in total. The van der Waals surface area contributed by atoms with Crippen molar-refractivity contribution in [3.63, 3.8) is 0 Å². The van der Waals surface area contributed by atoms with Gasteiger partial charge in [-0.3, -0.25) is 9.89 Å². The van der Waals surface area contributed by atoms with Crippen LogP contribution in [0.5, 0.6) is 0 Å². The van der Waals surface area contributed by atoms with E-state index in [9.17, 15) is 13.6 Å². The Morgan fingerprint density at radius 3 is 2.62 bits per heavy atom. The molecule has 2 aromatic heterocycles. The Hall–Kier alpha value is -4.38. The van der Waals surface area contributed by atoms with Crippen molar-refractivity contribution in [1.82, 2.24) is 25.1 Å². The molecule has 0 radical (unpaired) electrons. The number of H-pyrrole nitrogens is 1. The maximum Gasteiger partial charge on any atom is 0.282 e. The quantitative estimate of drug-likeness (QED) is 0.307. The second-order valence-corrected chi connectivity index (χ2v) is 9.97. The van der Waals surface area contributed by atoms with Crippen LogP contribution in [0.15, 0.2) is 67.1 Å². The number of anilines is 3. The second kappa shape index (κ2) is 9.73. The van der Waals surface area contributed by atoms with Crippen molar-refractivity contribution in [3.8, 4) is 22.5 Å². The molecule has 0 saturated carbocycles. The summed E-state index contributed by atoms with van der Waals surface area (Å²) in [6, 6.07) is 15.5. The van der Waals surface area contributed by atoms with Gasteiger partial charge in [-0.2, -0.15) is 5.10 Å². The molecular formula is C28H27F2N7O2. The Morgan fingerprint density at radius 1 is 1.10 bits per heavy atom. The third-order valence-corrected chi connectivity index (χ3v) is 7.15. The minimum Gasteiger partial charge on any atom is -0.385 e. The molecule has 2 aromatic carbocycles. The smallest absolute Gasteiger partial charge is 0.282 e. The number of benzene rings is 2. The molecule has 0 aliphatic carbocycles. The van der Waals surface area contributed by atoms with Gasteiger partial charge in [0.15, 0.2) is 5.82 Å². The fourth-order valence-corrected chi connectivity index (χ4v) is 5.10. The maximum absolute atomic E-state index is 13.5. The van der Waals surface area contributed by atoms with E-state index in [1.165, 1.54) is 4.90 Å². The average molecular weight is 532 g/mol. The van der Waals surface area contributed by atoms with Crippen LogP contribution in [-0.2, 0) is 16.0 Å². The zero-order valence-corrected chi connectivity index (χ0v) is 21.2. The van der Waals surface area contributed by atoms with Crippen LogP contribution in [0.4, 0.5) is 26.0 Å². The van der Waals surface area contributed by atoms with E-state index in [1.54, 1.807) is 25.6 Å². The number of alkyl halides is 2. The van der Waals surface area contributed by atoms with Crippen LogP contribution in [0, 0.1) is 0 Å². The Bertz CT molecular complexity index is 1490. The highest BCUT2D eigenvalue weighted by Gasteiger charge is 2.53. The minimum absolute atomic E-state index is 0.323. The fraction of sp³-hybridized carbons (Fsp3) is 0.286. The summed E-state index contributed by atoms with van der Waals surface area (Å²) in [7, 11) is 1.56. The summed E-state index contributed by atoms with van der Waals surface area (Å²) in [6.45, 7) is -0.781. The lowest BCUT2D eigenvalue weighted by atomic mass is 9.88. The predicted octanol–water partition coefficient (Wildman–Crippen LogP) is 4.50. The summed E-state index contributed by atoms with van der Waals surface area (Å²) in [5.41, 5.74) is 4.37. The molecule has 9 nitrogen and oxygen atoms in total. The number of nitrogens with zero attached hydrogens (tertiary/aromatic N) is 4. The molecule has 2 aliphatic heterocycles. The van der Waals surface area contributed by atoms with Gasteiger partial charge < -0.3 is 20.3 Å². The molecule has 0 spiro atoms. The normalized spacial score (nSPS) is 19.2. The van der Waals surface area contributed by atoms with Gasteiger partial charge in [0.05, 0.1) is 19.3 Å². The molecule has 1 unspecified atom stereocenters. The van der Waals surface area contributed by atoms with Gasteiger partial charge in [-0.25, -0.2) is 18.7 Å². The minimum atomic E-state index is -2.82. The summed E-state index contributed by atoms with van der Waals surface area (Å²) in [5.74, 6) is -2.00. The summed E-state index contributed by atoms with van der Waals surface area (Å²) in [4.78, 5) is 23.7. The molecular weight excluding hydrogens is 504 g/mol. The SMILES string of the molecule is COCCC1(C(=O)N2CC(F)(F)C2)Cc2ccc(-c3nccc(Nc4ccc(-c5cn[nH]c5)cc4)n3)cc2N1. The molecule has 11 heteroatoms. The fourth-order valence-electron chi connectivity index (χ4n) is 5.10. The van der Waals surface area contributed by atoms with E-state index in [2.05, 4.69) is 30.8 Å². The number of ether oxygens (including phenoxy) is 1. The van der Waals surface area contributed by atoms with Crippen molar-refractivity contribution in [3.05, 3.63) is 72.7 Å². The molecule has 0 bridgehead atoms. The number of amides is 1. The van der Waals surface area contributed by atoms with Gasteiger partial charge in [0, 0.05) is 61.5 Å². The molecule has 4 heterocycles. The van der Waals surface area contributed by atoms with Gasteiger partial charge in [0.1, 0.15) is 11.4 Å². The van der Waals surface area contributed by atoms with E-state index in [1.807, 2.05) is 48.7 Å². The standard InChI is InChI=1S/C28H27F2N7O2/c1-39-11-9-27(26(38)37-16-28(29,30)17-37)13-20-3-2-19(12-23(20)36-27)25-31-10-8-24(35-25)34-22-6-4-18(5-7-22)21-14-32-33-15-21/h2-8,10,12,14-15,36H,9,11,13,16-17H2,1H3,(H,32,33)(H,31,34,35). The molecule has 2 aliphatic rings. The first-order valence-corrected chi connectivity index (χ1v) is 12.6. The highest BCUT2D eigenvalue weighted by molar-refractivity contribution is 5.93. The first kappa shape index (κ1) is 24.9. The van der Waals surface area contributed by atoms with E-state index in [-0.39, 0.29) is 5.91 Å². The topological polar surface area (TPSA) is 108 Å². The lowest BCUT2D eigenvalue weighted by Gasteiger charge is -2.43. The van der Waals surface area contributed by atoms with Crippen molar-refractivity contribution < 1.29 is 18.3 Å². The van der Waals surface area contributed by atoms with Crippen LogP contribution in [0.3, 0.4) is 0 Å². The number of fused-ring (bicyclic) bond motifs is 1. The third kappa shape index (κ3) is 4.92. The zero-order chi connectivity index (χ0) is 27.0. The van der Waals surface area contributed by atoms with Crippen LogP contribution in [-0.4, -0.2) is 69.2 Å². The van der Waals surface area contributed by atoms with Crippen molar-refractivity contribution in [2.75, 3.05) is 37.4 Å². The lowest BCUT2D eigenvalue weighted by molar-refractivity contribution is -0.170. The molecule has 1 saturated heterocycles. The molecule has 6 rings (SSSR count). The van der Waals surface area contributed by atoms with Crippen LogP contribution in [0.2, 0.25) is 0 Å². The molecule has 200 valence electrons. The number of aromatic amines is 1. The van der Waals surface area contributed by atoms with E-state index >= 15 is 0 Å². The lowest BCUT2D eigenvalue weighted by Crippen LogP contribution is -2.65. The number of hydrogen-bond donors (Lipinski definition) is 3. The number of aromatic nitrogens is 4. The molecule has 1 atom stereocenters. The monoisotopic (exact) mass is 531 g/mol. The van der Waals surface area contributed by atoms with Crippen LogP contribution in [0.25, 0.3) is 22.5 Å². The highest BCUT2D eigenvalue weighted by atomic mass is 19.3. The van der Waals surface area contributed by atoms with Gasteiger partial charge in [-0.05, 0) is 35.4 Å². The maximum atomic E-state index is 13.5. The Labute approximate surface area is 223 Å². The number of rotatable bonds is 8. The van der Waals surface area contributed by atoms with Crippen molar-refractivity contribution in [1.29, 1.82) is 0 Å². The summed E-state index contributed by atoms with van der Waals surface area (Å²) in [5, 5.41) is 13.5. The zero-order valence-electron chi connectivity index (χ0n) is 21.2. The second-order valence-electron chi connectivity index (χ2n) is 9.97. The number of nitrogens with one attached hydrogen (secondary N) is 3. The Morgan fingerprint density at radius 2 is 1.90 bits per heavy atom. The number of carbonyl (C=O) groups is 1. The van der Waals surface area contributed by atoms with Crippen LogP contribution >= 0.6 is 0 Å². The van der Waals surface area contributed by atoms with Gasteiger partial charge >= 0.3 is 0 Å². The van der Waals surface area contributed by atoms with Crippen molar-refractivity contribution in [2.45, 2.75) is 24.3 Å². The van der Waals surface area contributed by atoms with Gasteiger partial charge in [-0.1, -0.05) is 24.3 Å². The number of carbonyl (C=O) groups excluding carboxylic acids is 1. The average Bonchev–Trinajstić information content (AvgIpc) is 3.59. The summed E-state index contributed by atoms with van der Waals surface area (Å²) in [6.07, 6.45) is 6.05. The first-order valence-electron chi connectivity index (χ1n) is 12.6. The van der Waals surface area contributed by atoms with E-state index in [0.29, 0.717) is 31.1 Å².